The van der Waals surface area contributed by atoms with Crippen molar-refractivity contribution in [3.05, 3.63) is 5.82 Å². The van der Waals surface area contributed by atoms with E-state index in [0.717, 1.165) is 24.2 Å². The van der Waals surface area contributed by atoms with Crippen molar-refractivity contribution in [1.29, 1.82) is 0 Å². The van der Waals surface area contributed by atoms with Gasteiger partial charge in [0.05, 0.1) is 12.6 Å². The molecule has 1 saturated heterocycles. The lowest BCUT2D eigenvalue weighted by Crippen LogP contribution is -2.38. The van der Waals surface area contributed by atoms with Gasteiger partial charge in [-0.2, -0.15) is 0 Å². The molecule has 94 valence electrons. The lowest BCUT2D eigenvalue weighted by atomic mass is 9.92. The highest BCUT2D eigenvalue weighted by Gasteiger charge is 2.29. The van der Waals surface area contributed by atoms with Crippen molar-refractivity contribution < 1.29 is 0 Å². The van der Waals surface area contributed by atoms with Gasteiger partial charge in [-0.15, -0.1) is 5.10 Å². The van der Waals surface area contributed by atoms with Crippen molar-refractivity contribution >= 4 is 0 Å². The molecule has 0 radical (unpaired) electrons. The number of rotatable bonds is 3. The van der Waals surface area contributed by atoms with Crippen LogP contribution in [0.3, 0.4) is 0 Å². The predicted octanol–water partition coefficient (Wildman–Crippen LogP) is 1.49. The van der Waals surface area contributed by atoms with E-state index in [0.29, 0.717) is 6.04 Å². The minimum atomic E-state index is 0.583. The van der Waals surface area contributed by atoms with E-state index in [1.54, 1.807) is 0 Å². The van der Waals surface area contributed by atoms with E-state index in [-0.39, 0.29) is 0 Å². The van der Waals surface area contributed by atoms with Crippen molar-refractivity contribution in [3.63, 3.8) is 0 Å². The zero-order valence-electron chi connectivity index (χ0n) is 10.7. The largest absolute Gasteiger partial charge is 0.295 e. The maximum atomic E-state index is 4.18. The molecule has 0 unspecified atom stereocenters. The van der Waals surface area contributed by atoms with E-state index in [2.05, 4.69) is 34.3 Å². The molecule has 2 atom stereocenters. The van der Waals surface area contributed by atoms with Crippen molar-refractivity contribution in [2.24, 2.45) is 11.8 Å². The summed E-state index contributed by atoms with van der Waals surface area (Å²) in [6, 6.07) is 0.583. The van der Waals surface area contributed by atoms with Crippen LogP contribution in [0.15, 0.2) is 0 Å². The van der Waals surface area contributed by atoms with Gasteiger partial charge in [-0.1, -0.05) is 13.8 Å². The normalized spacial score (nSPS) is 30.7. The Bertz CT molecular complexity index is 374. The van der Waals surface area contributed by atoms with Crippen LogP contribution >= 0.6 is 0 Å². The second kappa shape index (κ2) is 4.37. The van der Waals surface area contributed by atoms with Gasteiger partial charge in [0, 0.05) is 13.1 Å². The minimum Gasteiger partial charge on any atom is -0.295 e. The Hall–Kier alpha value is -0.970. The van der Waals surface area contributed by atoms with Crippen LogP contribution in [0.2, 0.25) is 0 Å². The molecule has 3 rings (SSSR count). The van der Waals surface area contributed by atoms with E-state index in [4.69, 9.17) is 0 Å². The molecule has 17 heavy (non-hydrogen) atoms. The van der Waals surface area contributed by atoms with Crippen LogP contribution in [0.1, 0.15) is 45.0 Å². The predicted molar refractivity (Wildman–Crippen MR) is 64.3 cm³/mol. The van der Waals surface area contributed by atoms with Gasteiger partial charge in [0.25, 0.3) is 0 Å². The lowest BCUT2D eigenvalue weighted by molar-refractivity contribution is 0.129. The van der Waals surface area contributed by atoms with Crippen molar-refractivity contribution in [2.45, 2.75) is 45.7 Å². The topological polar surface area (TPSA) is 46.8 Å². The van der Waals surface area contributed by atoms with Gasteiger partial charge in [-0.3, -0.25) is 4.90 Å². The smallest absolute Gasteiger partial charge is 0.165 e. The minimum absolute atomic E-state index is 0.583. The molecule has 5 heteroatoms. The molecule has 2 aliphatic rings. The highest BCUT2D eigenvalue weighted by Crippen LogP contribution is 2.34. The Morgan fingerprint density at radius 3 is 2.53 bits per heavy atom. The second-order valence-corrected chi connectivity index (χ2v) is 5.91. The molecule has 0 aromatic carbocycles. The summed E-state index contributed by atoms with van der Waals surface area (Å²) in [6.45, 7) is 7.96. The molecule has 1 aromatic rings. The van der Waals surface area contributed by atoms with Gasteiger partial charge in [0.1, 0.15) is 0 Å². The maximum absolute atomic E-state index is 4.18. The summed E-state index contributed by atoms with van der Waals surface area (Å²) in [4.78, 5) is 2.50. The summed E-state index contributed by atoms with van der Waals surface area (Å²) < 4.78 is 2.03. The Kier molecular flexibility index (Phi) is 2.86. The van der Waals surface area contributed by atoms with Crippen LogP contribution in [0.4, 0.5) is 0 Å². The molecule has 1 aliphatic carbocycles. The number of aromatic nitrogens is 4. The molecular weight excluding hydrogens is 214 g/mol. The first kappa shape index (κ1) is 11.1. The van der Waals surface area contributed by atoms with Crippen LogP contribution in [0.25, 0.3) is 0 Å². The lowest BCUT2D eigenvalue weighted by Gasteiger charge is -2.34. The molecule has 1 aromatic heterocycles. The van der Waals surface area contributed by atoms with Gasteiger partial charge in [0.2, 0.25) is 0 Å². The first-order chi connectivity index (χ1) is 8.22. The van der Waals surface area contributed by atoms with Crippen molar-refractivity contribution in [3.8, 4) is 0 Å². The summed E-state index contributed by atoms with van der Waals surface area (Å²) in [7, 11) is 0. The highest BCUT2D eigenvalue weighted by atomic mass is 15.6. The highest BCUT2D eigenvalue weighted by molar-refractivity contribution is 4.91. The number of likely N-dealkylation sites (tertiary alicyclic amines) is 1. The molecule has 0 bridgehead atoms. The Morgan fingerprint density at radius 2 is 1.88 bits per heavy atom. The number of nitrogens with zero attached hydrogens (tertiary/aromatic N) is 5. The average molecular weight is 235 g/mol. The fraction of sp³-hybridized carbons (Fsp3) is 0.917. The van der Waals surface area contributed by atoms with Gasteiger partial charge in [-0.05, 0) is 41.5 Å². The number of piperidine rings is 1. The van der Waals surface area contributed by atoms with Crippen LogP contribution in [-0.4, -0.2) is 38.2 Å². The molecule has 1 saturated carbocycles. The van der Waals surface area contributed by atoms with Gasteiger partial charge < -0.3 is 0 Å². The SMILES string of the molecule is C[C@@H]1C[C@@H](C)CN(Cc2nnnn2C2CC2)C1. The van der Waals surface area contributed by atoms with Gasteiger partial charge >= 0.3 is 0 Å². The Morgan fingerprint density at radius 1 is 1.18 bits per heavy atom. The zero-order chi connectivity index (χ0) is 11.8. The second-order valence-electron chi connectivity index (χ2n) is 5.91. The Labute approximate surface area is 102 Å². The number of tetrazole rings is 1. The molecule has 2 heterocycles. The number of hydrogen-bond donors (Lipinski definition) is 0. The quantitative estimate of drug-likeness (QED) is 0.796. The summed E-state index contributed by atoms with van der Waals surface area (Å²) >= 11 is 0. The maximum Gasteiger partial charge on any atom is 0.165 e. The molecule has 0 N–H and O–H groups in total. The third-order valence-corrected chi connectivity index (χ3v) is 3.76. The molecule has 5 nitrogen and oxygen atoms in total. The third kappa shape index (κ3) is 2.49. The van der Waals surface area contributed by atoms with E-state index in [1.165, 1.54) is 32.4 Å². The van der Waals surface area contributed by atoms with E-state index < -0.39 is 0 Å². The number of hydrogen-bond acceptors (Lipinski definition) is 4. The monoisotopic (exact) mass is 235 g/mol. The fourth-order valence-electron chi connectivity index (χ4n) is 3.04. The van der Waals surface area contributed by atoms with E-state index in [9.17, 15) is 0 Å². The molecular formula is C12H21N5. The summed E-state index contributed by atoms with van der Waals surface area (Å²) in [5, 5.41) is 12.1. The average Bonchev–Trinajstić information content (AvgIpc) is 2.99. The van der Waals surface area contributed by atoms with Gasteiger partial charge in [0.15, 0.2) is 5.82 Å². The third-order valence-electron chi connectivity index (χ3n) is 3.76. The van der Waals surface area contributed by atoms with Crippen LogP contribution in [0, 0.1) is 11.8 Å². The standard InChI is InChI=1S/C12H21N5/c1-9-5-10(2)7-16(6-9)8-12-13-14-15-17(12)11-3-4-11/h9-11H,3-8H2,1-2H3/t9-,10-/m1/s1. The fourth-order valence-corrected chi connectivity index (χ4v) is 3.04. The summed E-state index contributed by atoms with van der Waals surface area (Å²) in [6.07, 6.45) is 3.83. The molecule has 2 fully saturated rings. The van der Waals surface area contributed by atoms with E-state index >= 15 is 0 Å². The molecule has 0 amide bonds. The summed E-state index contributed by atoms with van der Waals surface area (Å²) in [5.74, 6) is 2.64. The summed E-state index contributed by atoms with van der Waals surface area (Å²) in [5.41, 5.74) is 0. The molecule has 1 aliphatic heterocycles. The van der Waals surface area contributed by atoms with Crippen molar-refractivity contribution in [1.82, 2.24) is 25.1 Å². The Balaban J connectivity index is 1.67. The zero-order valence-corrected chi connectivity index (χ0v) is 10.7. The first-order valence-electron chi connectivity index (χ1n) is 6.71. The van der Waals surface area contributed by atoms with Crippen molar-refractivity contribution in [2.75, 3.05) is 13.1 Å². The first-order valence-corrected chi connectivity index (χ1v) is 6.71. The van der Waals surface area contributed by atoms with Gasteiger partial charge in [-0.25, -0.2) is 4.68 Å². The van der Waals surface area contributed by atoms with Crippen LogP contribution in [0.5, 0.6) is 0 Å². The molecule has 0 spiro atoms. The van der Waals surface area contributed by atoms with E-state index in [1.807, 2.05) is 4.68 Å². The van der Waals surface area contributed by atoms with Crippen LogP contribution < -0.4 is 0 Å². The van der Waals surface area contributed by atoms with Crippen LogP contribution in [-0.2, 0) is 6.54 Å².